The second-order valence-corrected chi connectivity index (χ2v) is 7.17. The van der Waals surface area contributed by atoms with Gasteiger partial charge in [0, 0.05) is 38.1 Å². The van der Waals surface area contributed by atoms with Crippen LogP contribution in [0.1, 0.15) is 11.1 Å². The maximum absolute atomic E-state index is 12.6. The number of aryl methyl sites for hydroxylation is 2. The summed E-state index contributed by atoms with van der Waals surface area (Å²) < 4.78 is 5.29. The fourth-order valence-corrected chi connectivity index (χ4v) is 3.36. The molecule has 1 amide bonds. The maximum atomic E-state index is 12.6. The van der Waals surface area contributed by atoms with Gasteiger partial charge in [-0.05, 0) is 49.2 Å². The summed E-state index contributed by atoms with van der Waals surface area (Å²) in [6.07, 6.45) is 1.66. The van der Waals surface area contributed by atoms with Crippen LogP contribution in [0.5, 0.6) is 5.75 Å². The number of anilines is 2. The monoisotopic (exact) mass is 390 g/mol. The SMILES string of the molecule is COc1ccc(C)cc1NC(=O)/C(C#N)=C\N1CCN(c2cccc(C)c2)CC1. The fourth-order valence-electron chi connectivity index (χ4n) is 3.36. The van der Waals surface area contributed by atoms with Gasteiger partial charge in [-0.25, -0.2) is 0 Å². The number of amides is 1. The summed E-state index contributed by atoms with van der Waals surface area (Å²) in [6.45, 7) is 7.20. The zero-order chi connectivity index (χ0) is 20.8. The molecule has 1 aliphatic heterocycles. The zero-order valence-electron chi connectivity index (χ0n) is 17.1. The minimum Gasteiger partial charge on any atom is -0.495 e. The lowest BCUT2D eigenvalue weighted by Crippen LogP contribution is -2.44. The molecule has 1 heterocycles. The number of carbonyl (C=O) groups is 1. The van der Waals surface area contributed by atoms with Crippen LogP contribution in [0.3, 0.4) is 0 Å². The number of rotatable bonds is 5. The predicted molar refractivity (Wildman–Crippen MR) is 115 cm³/mol. The third-order valence-corrected chi connectivity index (χ3v) is 4.96. The van der Waals surface area contributed by atoms with E-state index >= 15 is 0 Å². The van der Waals surface area contributed by atoms with E-state index in [1.165, 1.54) is 11.3 Å². The van der Waals surface area contributed by atoms with Crippen molar-refractivity contribution in [3.63, 3.8) is 0 Å². The maximum Gasteiger partial charge on any atom is 0.267 e. The number of nitriles is 1. The lowest BCUT2D eigenvalue weighted by atomic mass is 10.2. The van der Waals surface area contributed by atoms with Crippen LogP contribution in [-0.2, 0) is 4.79 Å². The van der Waals surface area contributed by atoms with Crippen molar-refractivity contribution >= 4 is 17.3 Å². The van der Waals surface area contributed by atoms with Crippen molar-refractivity contribution in [2.75, 3.05) is 43.5 Å². The second kappa shape index (κ2) is 9.16. The first-order valence-corrected chi connectivity index (χ1v) is 9.63. The Labute approximate surface area is 172 Å². The highest BCUT2D eigenvalue weighted by molar-refractivity contribution is 6.07. The standard InChI is InChI=1S/C23H26N4O2/c1-17-5-4-6-20(13-17)27-11-9-26(10-12-27)16-19(15-24)23(28)25-21-14-18(2)7-8-22(21)29-3/h4-8,13-14,16H,9-12H2,1-3H3,(H,25,28)/b19-16-. The first kappa shape index (κ1) is 20.3. The lowest BCUT2D eigenvalue weighted by Gasteiger charge is -2.35. The van der Waals surface area contributed by atoms with Crippen molar-refractivity contribution in [1.82, 2.24) is 4.90 Å². The van der Waals surface area contributed by atoms with Crippen molar-refractivity contribution in [3.05, 3.63) is 65.4 Å². The van der Waals surface area contributed by atoms with Crippen molar-refractivity contribution < 1.29 is 9.53 Å². The molecule has 6 nitrogen and oxygen atoms in total. The molecule has 0 radical (unpaired) electrons. The minimum atomic E-state index is -0.433. The molecule has 29 heavy (non-hydrogen) atoms. The second-order valence-electron chi connectivity index (χ2n) is 7.17. The van der Waals surface area contributed by atoms with E-state index < -0.39 is 5.91 Å². The number of methoxy groups -OCH3 is 1. The van der Waals surface area contributed by atoms with Gasteiger partial charge in [0.2, 0.25) is 0 Å². The molecule has 1 N–H and O–H groups in total. The third kappa shape index (κ3) is 5.08. The van der Waals surface area contributed by atoms with E-state index in [-0.39, 0.29) is 5.57 Å². The molecule has 0 unspecified atom stereocenters. The normalized spacial score (nSPS) is 14.3. The number of nitrogens with zero attached hydrogens (tertiary/aromatic N) is 3. The number of hydrogen-bond acceptors (Lipinski definition) is 5. The molecule has 0 bridgehead atoms. The predicted octanol–water partition coefficient (Wildman–Crippen LogP) is 3.48. The van der Waals surface area contributed by atoms with E-state index in [0.717, 1.165) is 31.7 Å². The summed E-state index contributed by atoms with van der Waals surface area (Å²) >= 11 is 0. The summed E-state index contributed by atoms with van der Waals surface area (Å²) in [5.41, 5.74) is 4.08. The largest absolute Gasteiger partial charge is 0.495 e. The van der Waals surface area contributed by atoms with Crippen LogP contribution in [0.2, 0.25) is 0 Å². The highest BCUT2D eigenvalue weighted by Crippen LogP contribution is 2.25. The zero-order valence-corrected chi connectivity index (χ0v) is 17.1. The Morgan fingerprint density at radius 2 is 1.83 bits per heavy atom. The third-order valence-electron chi connectivity index (χ3n) is 4.96. The van der Waals surface area contributed by atoms with Crippen molar-refractivity contribution in [3.8, 4) is 11.8 Å². The molecule has 2 aromatic rings. The smallest absolute Gasteiger partial charge is 0.267 e. The van der Waals surface area contributed by atoms with E-state index in [0.29, 0.717) is 11.4 Å². The molecular formula is C23H26N4O2. The van der Waals surface area contributed by atoms with Gasteiger partial charge in [0.05, 0.1) is 12.8 Å². The summed E-state index contributed by atoms with van der Waals surface area (Å²) in [5.74, 6) is 0.130. The molecule has 3 rings (SSSR count). The van der Waals surface area contributed by atoms with Crippen molar-refractivity contribution in [1.29, 1.82) is 5.26 Å². The minimum absolute atomic E-state index is 0.0811. The van der Waals surface area contributed by atoms with Gasteiger partial charge in [-0.2, -0.15) is 5.26 Å². The molecule has 0 aromatic heterocycles. The fraction of sp³-hybridized carbons (Fsp3) is 0.304. The van der Waals surface area contributed by atoms with E-state index in [9.17, 15) is 10.1 Å². The number of piperazine rings is 1. The Morgan fingerprint density at radius 1 is 1.10 bits per heavy atom. The van der Waals surface area contributed by atoms with Crippen LogP contribution in [0.4, 0.5) is 11.4 Å². The van der Waals surface area contributed by atoms with E-state index in [1.807, 2.05) is 30.0 Å². The van der Waals surface area contributed by atoms with Gasteiger partial charge in [0.1, 0.15) is 17.4 Å². The average Bonchev–Trinajstić information content (AvgIpc) is 2.72. The van der Waals surface area contributed by atoms with E-state index in [2.05, 4.69) is 41.4 Å². The van der Waals surface area contributed by atoms with Crippen molar-refractivity contribution in [2.24, 2.45) is 0 Å². The quantitative estimate of drug-likeness (QED) is 0.625. The molecule has 1 saturated heterocycles. The molecule has 1 aliphatic rings. The molecule has 0 atom stereocenters. The molecule has 0 spiro atoms. The first-order valence-electron chi connectivity index (χ1n) is 9.63. The number of ether oxygens (including phenoxy) is 1. The molecule has 0 aliphatic carbocycles. The Balaban J connectivity index is 1.65. The molecule has 1 fully saturated rings. The first-order chi connectivity index (χ1) is 14.0. The lowest BCUT2D eigenvalue weighted by molar-refractivity contribution is -0.112. The van der Waals surface area contributed by atoms with Crippen LogP contribution in [-0.4, -0.2) is 44.1 Å². The Morgan fingerprint density at radius 3 is 2.48 bits per heavy atom. The average molecular weight is 390 g/mol. The topological polar surface area (TPSA) is 68.6 Å². The van der Waals surface area contributed by atoms with Crippen LogP contribution in [0.25, 0.3) is 0 Å². The Hall–Kier alpha value is -3.46. The van der Waals surface area contributed by atoms with Gasteiger partial charge in [0.25, 0.3) is 5.91 Å². The molecule has 150 valence electrons. The Bertz CT molecular complexity index is 954. The van der Waals surface area contributed by atoms with Crippen LogP contribution in [0.15, 0.2) is 54.2 Å². The van der Waals surface area contributed by atoms with Crippen LogP contribution < -0.4 is 15.0 Å². The summed E-state index contributed by atoms with van der Waals surface area (Å²) in [6, 6.07) is 16.0. The van der Waals surface area contributed by atoms with Gasteiger partial charge >= 0.3 is 0 Å². The molecule has 2 aromatic carbocycles. The van der Waals surface area contributed by atoms with Crippen molar-refractivity contribution in [2.45, 2.75) is 13.8 Å². The van der Waals surface area contributed by atoms with Gasteiger partial charge < -0.3 is 19.9 Å². The van der Waals surface area contributed by atoms with E-state index in [4.69, 9.17) is 4.74 Å². The van der Waals surface area contributed by atoms with Gasteiger partial charge in [-0.3, -0.25) is 4.79 Å². The summed E-state index contributed by atoms with van der Waals surface area (Å²) in [7, 11) is 1.55. The van der Waals surface area contributed by atoms with Gasteiger partial charge in [-0.15, -0.1) is 0 Å². The molecular weight excluding hydrogens is 364 g/mol. The number of nitrogens with one attached hydrogen (secondary N) is 1. The summed E-state index contributed by atoms with van der Waals surface area (Å²) in [4.78, 5) is 17.0. The van der Waals surface area contributed by atoms with E-state index in [1.54, 1.807) is 19.4 Å². The van der Waals surface area contributed by atoms with Gasteiger partial charge in [0.15, 0.2) is 0 Å². The van der Waals surface area contributed by atoms with Crippen LogP contribution >= 0.6 is 0 Å². The highest BCUT2D eigenvalue weighted by Gasteiger charge is 2.18. The molecule has 0 saturated carbocycles. The number of carbonyl (C=O) groups excluding carboxylic acids is 1. The summed E-state index contributed by atoms with van der Waals surface area (Å²) in [5, 5.41) is 12.3. The number of hydrogen-bond donors (Lipinski definition) is 1. The number of benzene rings is 2. The van der Waals surface area contributed by atoms with Gasteiger partial charge in [-0.1, -0.05) is 18.2 Å². The Kier molecular flexibility index (Phi) is 6.40. The van der Waals surface area contributed by atoms with Crippen LogP contribution in [0, 0.1) is 25.2 Å². The highest BCUT2D eigenvalue weighted by atomic mass is 16.5. The molecule has 6 heteroatoms.